The van der Waals surface area contributed by atoms with E-state index in [9.17, 15) is 5.26 Å². The van der Waals surface area contributed by atoms with Crippen LogP contribution in [0.1, 0.15) is 16.7 Å². The molecule has 3 aromatic carbocycles. The molecule has 144 valence electrons. The first kappa shape index (κ1) is 18.1. The lowest BCUT2D eigenvalue weighted by molar-refractivity contribution is -0.660. The fraction of sp³-hybridized carbons (Fsp3) is 0.111. The molecule has 2 aromatic heterocycles. The maximum absolute atomic E-state index is 9.35. The van der Waals surface area contributed by atoms with E-state index in [0.29, 0.717) is 5.56 Å². The van der Waals surface area contributed by atoms with Gasteiger partial charge in [0.05, 0.1) is 17.2 Å². The molecule has 0 fully saturated rings. The molecule has 0 spiro atoms. The van der Waals surface area contributed by atoms with E-state index >= 15 is 0 Å². The number of fused-ring (bicyclic) bond motifs is 3. The second-order valence-corrected chi connectivity index (χ2v) is 7.81. The maximum Gasteiger partial charge on any atom is 0.216 e. The van der Waals surface area contributed by atoms with E-state index in [-0.39, 0.29) is 0 Å². The first-order valence-corrected chi connectivity index (χ1v) is 9.99. The second-order valence-electron chi connectivity index (χ2n) is 7.81. The molecule has 30 heavy (non-hydrogen) atoms. The van der Waals surface area contributed by atoms with E-state index in [1.54, 1.807) is 0 Å². The highest BCUT2D eigenvalue weighted by molar-refractivity contribution is 6.16. The van der Waals surface area contributed by atoms with Crippen molar-refractivity contribution in [2.75, 3.05) is 0 Å². The Morgan fingerprint density at radius 1 is 0.933 bits per heavy atom. The average molecular weight is 389 g/mol. The number of pyridine rings is 1. The average Bonchev–Trinajstić information content (AvgIpc) is 3.13. The summed E-state index contributed by atoms with van der Waals surface area (Å²) >= 11 is 0. The van der Waals surface area contributed by atoms with Gasteiger partial charge in [0.25, 0.3) is 0 Å². The van der Waals surface area contributed by atoms with Crippen molar-refractivity contribution >= 4 is 21.9 Å². The van der Waals surface area contributed by atoms with Gasteiger partial charge in [-0.05, 0) is 60.9 Å². The van der Waals surface area contributed by atoms with Crippen LogP contribution in [0.3, 0.4) is 0 Å². The molecule has 0 aliphatic carbocycles. The minimum absolute atomic E-state index is 0.599. The van der Waals surface area contributed by atoms with Crippen LogP contribution in [-0.2, 0) is 7.05 Å². The smallest absolute Gasteiger partial charge is 0.216 e. The summed E-state index contributed by atoms with van der Waals surface area (Å²) in [5.41, 5.74) is 9.06. The van der Waals surface area contributed by atoms with Gasteiger partial charge in [-0.15, -0.1) is 0 Å². The molecule has 5 rings (SSSR count). The molecule has 5 aromatic rings. The summed E-state index contributed by atoms with van der Waals surface area (Å²) in [6.45, 7) is 4.23. The summed E-state index contributed by atoms with van der Waals surface area (Å²) in [6.07, 6.45) is 2.05. The van der Waals surface area contributed by atoms with E-state index in [1.165, 1.54) is 5.56 Å². The van der Waals surface area contributed by atoms with Crippen molar-refractivity contribution in [2.45, 2.75) is 13.8 Å². The molecule has 0 bridgehead atoms. The van der Waals surface area contributed by atoms with Gasteiger partial charge < -0.3 is 4.42 Å². The lowest BCUT2D eigenvalue weighted by Gasteiger charge is -2.11. The summed E-state index contributed by atoms with van der Waals surface area (Å²) in [6, 6.07) is 24.9. The summed E-state index contributed by atoms with van der Waals surface area (Å²) in [7, 11) is 2.05. The predicted molar refractivity (Wildman–Crippen MR) is 120 cm³/mol. The quantitative estimate of drug-likeness (QED) is 0.336. The van der Waals surface area contributed by atoms with Gasteiger partial charge in [0.2, 0.25) is 5.69 Å². The van der Waals surface area contributed by atoms with Crippen molar-refractivity contribution in [3.05, 3.63) is 89.6 Å². The van der Waals surface area contributed by atoms with Crippen LogP contribution < -0.4 is 4.57 Å². The zero-order valence-corrected chi connectivity index (χ0v) is 17.2. The predicted octanol–water partition coefficient (Wildman–Crippen LogP) is 6.23. The lowest BCUT2D eigenvalue weighted by Crippen LogP contribution is -2.30. The molecule has 0 amide bonds. The van der Waals surface area contributed by atoms with Crippen molar-refractivity contribution in [3.63, 3.8) is 0 Å². The number of furan rings is 1. The number of nitrogens with zero attached hydrogens (tertiary/aromatic N) is 2. The highest BCUT2D eigenvalue weighted by Crippen LogP contribution is 2.43. The topological polar surface area (TPSA) is 40.8 Å². The third-order valence-corrected chi connectivity index (χ3v) is 5.74. The maximum atomic E-state index is 9.35. The van der Waals surface area contributed by atoms with Crippen molar-refractivity contribution in [2.24, 2.45) is 7.05 Å². The Morgan fingerprint density at radius 2 is 1.73 bits per heavy atom. The van der Waals surface area contributed by atoms with Gasteiger partial charge >= 0.3 is 0 Å². The molecule has 0 unspecified atom stereocenters. The van der Waals surface area contributed by atoms with Crippen molar-refractivity contribution < 1.29 is 8.98 Å². The van der Waals surface area contributed by atoms with Crippen molar-refractivity contribution in [1.29, 1.82) is 5.26 Å². The van der Waals surface area contributed by atoms with E-state index in [0.717, 1.165) is 49.9 Å². The van der Waals surface area contributed by atoms with Gasteiger partial charge in [0.1, 0.15) is 18.2 Å². The Morgan fingerprint density at radius 3 is 2.47 bits per heavy atom. The van der Waals surface area contributed by atoms with Crippen LogP contribution in [0.25, 0.3) is 44.3 Å². The molecule has 0 saturated heterocycles. The Balaban J connectivity index is 1.95. The van der Waals surface area contributed by atoms with Crippen molar-refractivity contribution in [3.8, 4) is 28.5 Å². The van der Waals surface area contributed by atoms with Crippen LogP contribution in [0, 0.1) is 25.2 Å². The largest absolute Gasteiger partial charge is 0.455 e. The van der Waals surface area contributed by atoms with Gasteiger partial charge in [-0.2, -0.15) is 5.26 Å². The summed E-state index contributed by atoms with van der Waals surface area (Å²) in [5.74, 6) is 0. The third kappa shape index (κ3) is 2.77. The van der Waals surface area contributed by atoms with E-state index in [1.807, 2.05) is 43.6 Å². The minimum atomic E-state index is 0.599. The first-order chi connectivity index (χ1) is 14.6. The summed E-state index contributed by atoms with van der Waals surface area (Å²) < 4.78 is 8.55. The zero-order chi connectivity index (χ0) is 20.8. The normalized spacial score (nSPS) is 11.1. The van der Waals surface area contributed by atoms with E-state index in [2.05, 4.69) is 60.9 Å². The van der Waals surface area contributed by atoms with Crippen LogP contribution >= 0.6 is 0 Å². The SMILES string of the molecule is Cc1ccc(-c2cc(C)c(-c3cccc[n+]3C)c3oc4cc(C#N)ccc4c23)cc1. The zero-order valence-electron chi connectivity index (χ0n) is 17.2. The monoisotopic (exact) mass is 389 g/mol. The van der Waals surface area contributed by atoms with Crippen LogP contribution in [0.5, 0.6) is 0 Å². The number of aryl methyl sites for hydroxylation is 3. The molecular weight excluding hydrogens is 368 g/mol. The second kappa shape index (κ2) is 6.86. The first-order valence-electron chi connectivity index (χ1n) is 9.99. The Kier molecular flexibility index (Phi) is 4.15. The molecule has 0 aliphatic heterocycles. The summed E-state index contributed by atoms with van der Waals surface area (Å²) in [5, 5.41) is 11.5. The standard InChI is InChI=1S/C27H21N2O/c1-17-7-10-20(11-8-17)22-14-18(2)25(23-6-4-5-13-29(23)3)27-26(22)21-12-9-19(16-28)15-24(21)30-27/h4-15H,1-3H3/q+1. The van der Waals surface area contributed by atoms with Gasteiger partial charge in [-0.25, -0.2) is 4.57 Å². The number of aromatic nitrogens is 1. The summed E-state index contributed by atoms with van der Waals surface area (Å²) in [4.78, 5) is 0. The van der Waals surface area contributed by atoms with Gasteiger partial charge in [0.15, 0.2) is 6.20 Å². The fourth-order valence-electron chi connectivity index (χ4n) is 4.21. The molecule has 0 radical (unpaired) electrons. The number of rotatable bonds is 2. The molecule has 0 N–H and O–H groups in total. The molecule has 0 aliphatic rings. The minimum Gasteiger partial charge on any atom is -0.455 e. The molecule has 3 heteroatoms. The van der Waals surface area contributed by atoms with E-state index < -0.39 is 0 Å². The molecule has 0 atom stereocenters. The molecular formula is C27H21N2O+. The Labute approximate surface area is 175 Å². The molecule has 2 heterocycles. The fourth-order valence-corrected chi connectivity index (χ4v) is 4.21. The van der Waals surface area contributed by atoms with Gasteiger partial charge in [-0.3, -0.25) is 0 Å². The number of benzene rings is 3. The van der Waals surface area contributed by atoms with Crippen LogP contribution in [0.4, 0.5) is 0 Å². The van der Waals surface area contributed by atoms with E-state index in [4.69, 9.17) is 4.42 Å². The van der Waals surface area contributed by atoms with Crippen LogP contribution in [-0.4, -0.2) is 0 Å². The lowest BCUT2D eigenvalue weighted by atomic mass is 9.92. The Hall–Kier alpha value is -3.90. The van der Waals surface area contributed by atoms with Crippen LogP contribution in [0.2, 0.25) is 0 Å². The van der Waals surface area contributed by atoms with Crippen LogP contribution in [0.15, 0.2) is 77.3 Å². The number of hydrogen-bond donors (Lipinski definition) is 0. The highest BCUT2D eigenvalue weighted by atomic mass is 16.3. The van der Waals surface area contributed by atoms with Gasteiger partial charge in [-0.1, -0.05) is 29.8 Å². The third-order valence-electron chi connectivity index (χ3n) is 5.74. The number of nitriles is 1. The molecule has 0 saturated carbocycles. The number of hydrogen-bond acceptors (Lipinski definition) is 2. The molecule has 3 nitrogen and oxygen atoms in total. The Bertz CT molecular complexity index is 1470. The highest BCUT2D eigenvalue weighted by Gasteiger charge is 2.23. The van der Waals surface area contributed by atoms with Crippen molar-refractivity contribution in [1.82, 2.24) is 0 Å². The van der Waals surface area contributed by atoms with Gasteiger partial charge in [0, 0.05) is 22.9 Å².